The molecule has 0 fully saturated rings. The standard InChI is InChI=1S/C19H23F2N3OS/c1-22-19(23-10-9-16-13-17(20)7-8-18(16)21)24-11-12-26(25)14-15-5-3-2-4-6-15/h2-8,13H,9-12,14H2,1H3,(H2,22,23,24). The van der Waals surface area contributed by atoms with Gasteiger partial charge in [-0.3, -0.25) is 9.20 Å². The first-order valence-corrected chi connectivity index (χ1v) is 9.84. The van der Waals surface area contributed by atoms with E-state index in [4.69, 9.17) is 0 Å². The van der Waals surface area contributed by atoms with Gasteiger partial charge in [0.15, 0.2) is 5.96 Å². The van der Waals surface area contributed by atoms with E-state index in [1.807, 2.05) is 30.3 Å². The van der Waals surface area contributed by atoms with Crippen LogP contribution in [0.15, 0.2) is 53.5 Å². The average molecular weight is 379 g/mol. The highest BCUT2D eigenvalue weighted by Gasteiger charge is 2.05. The highest BCUT2D eigenvalue weighted by atomic mass is 32.2. The molecule has 1 atom stereocenters. The van der Waals surface area contributed by atoms with Gasteiger partial charge in [-0.05, 0) is 35.7 Å². The van der Waals surface area contributed by atoms with Gasteiger partial charge in [0, 0.05) is 42.4 Å². The van der Waals surface area contributed by atoms with E-state index in [9.17, 15) is 13.0 Å². The fraction of sp³-hybridized carbons (Fsp3) is 0.316. The van der Waals surface area contributed by atoms with Crippen LogP contribution in [0.4, 0.5) is 8.78 Å². The van der Waals surface area contributed by atoms with Crippen LogP contribution in [-0.4, -0.2) is 36.1 Å². The number of hydrogen-bond acceptors (Lipinski definition) is 2. The van der Waals surface area contributed by atoms with Crippen molar-refractivity contribution in [2.24, 2.45) is 4.99 Å². The highest BCUT2D eigenvalue weighted by Crippen LogP contribution is 2.09. The maximum atomic E-state index is 13.6. The number of guanidine groups is 1. The van der Waals surface area contributed by atoms with Crippen LogP contribution in [-0.2, 0) is 23.0 Å². The van der Waals surface area contributed by atoms with E-state index in [1.54, 1.807) is 7.05 Å². The van der Waals surface area contributed by atoms with Crippen LogP contribution in [0.1, 0.15) is 11.1 Å². The molecule has 7 heteroatoms. The van der Waals surface area contributed by atoms with Gasteiger partial charge in [0.05, 0.1) is 0 Å². The minimum absolute atomic E-state index is 0.317. The van der Waals surface area contributed by atoms with Crippen LogP contribution < -0.4 is 10.6 Å². The SMILES string of the molecule is CN=C(NCCc1cc(F)ccc1F)NCCS(=O)Cc1ccccc1. The fourth-order valence-electron chi connectivity index (χ4n) is 2.39. The molecule has 2 aromatic carbocycles. The highest BCUT2D eigenvalue weighted by molar-refractivity contribution is 7.84. The molecule has 0 heterocycles. The molecule has 0 saturated carbocycles. The maximum Gasteiger partial charge on any atom is 0.191 e. The topological polar surface area (TPSA) is 53.5 Å². The van der Waals surface area contributed by atoms with Gasteiger partial charge in [-0.15, -0.1) is 0 Å². The van der Waals surface area contributed by atoms with Crippen LogP contribution in [0.25, 0.3) is 0 Å². The lowest BCUT2D eigenvalue weighted by Crippen LogP contribution is -2.40. The number of halogens is 2. The van der Waals surface area contributed by atoms with Crippen LogP contribution in [0.3, 0.4) is 0 Å². The maximum absolute atomic E-state index is 13.6. The van der Waals surface area contributed by atoms with Crippen LogP contribution >= 0.6 is 0 Å². The number of rotatable bonds is 8. The summed E-state index contributed by atoms with van der Waals surface area (Å²) < 4.78 is 38.8. The summed E-state index contributed by atoms with van der Waals surface area (Å²) in [6.07, 6.45) is 0.338. The summed E-state index contributed by atoms with van der Waals surface area (Å²) in [5.41, 5.74) is 1.36. The summed E-state index contributed by atoms with van der Waals surface area (Å²) in [4.78, 5) is 4.07. The molecule has 0 amide bonds. The summed E-state index contributed by atoms with van der Waals surface area (Å²) in [5, 5.41) is 6.12. The van der Waals surface area contributed by atoms with Gasteiger partial charge in [-0.2, -0.15) is 0 Å². The van der Waals surface area contributed by atoms with E-state index in [1.165, 1.54) is 6.07 Å². The third kappa shape index (κ3) is 6.92. The molecule has 0 aromatic heterocycles. The zero-order valence-electron chi connectivity index (χ0n) is 14.7. The zero-order chi connectivity index (χ0) is 18.8. The van der Waals surface area contributed by atoms with Crippen LogP contribution in [0.2, 0.25) is 0 Å². The Bertz CT molecular complexity index is 754. The second kappa shape index (κ2) is 10.7. The third-order valence-corrected chi connectivity index (χ3v) is 5.03. The van der Waals surface area contributed by atoms with Gasteiger partial charge in [0.1, 0.15) is 11.6 Å². The van der Waals surface area contributed by atoms with E-state index in [0.29, 0.717) is 42.5 Å². The van der Waals surface area contributed by atoms with Gasteiger partial charge >= 0.3 is 0 Å². The van der Waals surface area contributed by atoms with Crippen molar-refractivity contribution in [1.29, 1.82) is 0 Å². The van der Waals surface area contributed by atoms with Crippen molar-refractivity contribution in [3.05, 3.63) is 71.3 Å². The minimum Gasteiger partial charge on any atom is -0.356 e. The second-order valence-corrected chi connectivity index (χ2v) is 7.26. The van der Waals surface area contributed by atoms with Crippen molar-refractivity contribution < 1.29 is 13.0 Å². The Hall–Kier alpha value is -2.28. The molecule has 0 spiro atoms. The summed E-state index contributed by atoms with van der Waals surface area (Å²) >= 11 is 0. The largest absolute Gasteiger partial charge is 0.356 e. The molecular weight excluding hydrogens is 356 g/mol. The van der Waals surface area contributed by atoms with E-state index in [0.717, 1.165) is 17.7 Å². The molecule has 4 nitrogen and oxygen atoms in total. The van der Waals surface area contributed by atoms with E-state index in [-0.39, 0.29) is 0 Å². The van der Waals surface area contributed by atoms with Gasteiger partial charge < -0.3 is 10.6 Å². The molecule has 2 aromatic rings. The van der Waals surface area contributed by atoms with Crippen molar-refractivity contribution >= 4 is 16.8 Å². The average Bonchev–Trinajstić information content (AvgIpc) is 2.64. The Balaban J connectivity index is 1.69. The second-order valence-electron chi connectivity index (χ2n) is 5.69. The molecule has 0 saturated heterocycles. The first-order valence-electron chi connectivity index (χ1n) is 8.36. The Morgan fingerprint density at radius 3 is 2.54 bits per heavy atom. The molecule has 0 radical (unpaired) electrons. The molecule has 0 aliphatic heterocycles. The minimum atomic E-state index is -0.967. The molecule has 140 valence electrons. The Labute approximate surface area is 155 Å². The molecule has 0 aliphatic rings. The fourth-order valence-corrected chi connectivity index (χ4v) is 3.42. The summed E-state index contributed by atoms with van der Waals surface area (Å²) in [7, 11) is 0.657. The van der Waals surface area contributed by atoms with Crippen molar-refractivity contribution in [2.75, 3.05) is 25.9 Å². The van der Waals surface area contributed by atoms with Gasteiger partial charge in [0.25, 0.3) is 0 Å². The van der Waals surface area contributed by atoms with E-state index < -0.39 is 22.4 Å². The van der Waals surface area contributed by atoms with Crippen molar-refractivity contribution in [3.63, 3.8) is 0 Å². The lowest BCUT2D eigenvalue weighted by atomic mass is 10.1. The lowest BCUT2D eigenvalue weighted by Gasteiger charge is -2.12. The third-order valence-electron chi connectivity index (χ3n) is 3.71. The molecule has 26 heavy (non-hydrogen) atoms. The first kappa shape index (κ1) is 20.0. The number of hydrogen-bond donors (Lipinski definition) is 2. The zero-order valence-corrected chi connectivity index (χ0v) is 15.5. The van der Waals surface area contributed by atoms with Crippen molar-refractivity contribution in [2.45, 2.75) is 12.2 Å². The van der Waals surface area contributed by atoms with Gasteiger partial charge in [-0.25, -0.2) is 8.78 Å². The molecule has 2 N–H and O–H groups in total. The molecule has 1 unspecified atom stereocenters. The van der Waals surface area contributed by atoms with E-state index >= 15 is 0 Å². The smallest absolute Gasteiger partial charge is 0.191 e. The monoisotopic (exact) mass is 379 g/mol. The van der Waals surface area contributed by atoms with Crippen LogP contribution in [0.5, 0.6) is 0 Å². The predicted molar refractivity (Wildman–Crippen MR) is 103 cm³/mol. The normalized spacial score (nSPS) is 12.7. The Morgan fingerprint density at radius 1 is 1.08 bits per heavy atom. The number of aliphatic imine (C=N–C) groups is 1. The summed E-state index contributed by atoms with van der Waals surface area (Å²) in [5.74, 6) is 0.678. The first-order chi connectivity index (χ1) is 12.6. The van der Waals surface area contributed by atoms with Gasteiger partial charge in [-0.1, -0.05) is 30.3 Å². The summed E-state index contributed by atoms with van der Waals surface area (Å²) in [6.45, 7) is 0.917. The quantitative estimate of drug-likeness (QED) is 0.548. The summed E-state index contributed by atoms with van der Waals surface area (Å²) in [6, 6.07) is 13.1. The predicted octanol–water partition coefficient (Wildman–Crippen LogP) is 2.62. The Kier molecular flexibility index (Phi) is 8.21. The molecule has 0 bridgehead atoms. The van der Waals surface area contributed by atoms with Crippen molar-refractivity contribution in [3.8, 4) is 0 Å². The number of nitrogens with one attached hydrogen (secondary N) is 2. The van der Waals surface area contributed by atoms with E-state index in [2.05, 4.69) is 15.6 Å². The van der Waals surface area contributed by atoms with Gasteiger partial charge in [0.2, 0.25) is 0 Å². The lowest BCUT2D eigenvalue weighted by molar-refractivity contribution is 0.583. The van der Waals surface area contributed by atoms with Crippen molar-refractivity contribution in [1.82, 2.24) is 10.6 Å². The molecule has 2 rings (SSSR count). The van der Waals surface area contributed by atoms with Crippen LogP contribution in [0, 0.1) is 11.6 Å². The Morgan fingerprint density at radius 2 is 1.81 bits per heavy atom. The molecular formula is C19H23F2N3OS. The number of nitrogens with zero attached hydrogens (tertiary/aromatic N) is 1. The number of benzene rings is 2. The molecule has 0 aliphatic carbocycles.